The highest BCUT2D eigenvalue weighted by Gasteiger charge is 2.23. The van der Waals surface area contributed by atoms with Crippen molar-refractivity contribution in [2.45, 2.75) is 88.5 Å². The summed E-state index contributed by atoms with van der Waals surface area (Å²) in [5, 5.41) is 17.2. The van der Waals surface area contributed by atoms with Gasteiger partial charge in [0, 0.05) is 68.6 Å². The highest BCUT2D eigenvalue weighted by Crippen LogP contribution is 2.26. The molecule has 9 rings (SSSR count). The fourth-order valence-corrected chi connectivity index (χ4v) is 8.98. The maximum absolute atomic E-state index is 12.8. The molecule has 2 N–H and O–H groups in total. The van der Waals surface area contributed by atoms with Crippen LogP contribution in [0.5, 0.6) is 11.5 Å². The van der Waals surface area contributed by atoms with Crippen molar-refractivity contribution in [2.24, 2.45) is 9.98 Å². The number of esters is 1. The number of carboxylic acid groups (broad SMARTS) is 1. The number of ether oxygens (including phenoxy) is 5. The van der Waals surface area contributed by atoms with E-state index in [1.54, 1.807) is 73.1 Å². The molecule has 0 amide bonds. The van der Waals surface area contributed by atoms with E-state index in [-0.39, 0.29) is 43.6 Å². The van der Waals surface area contributed by atoms with Crippen molar-refractivity contribution in [1.82, 2.24) is 4.98 Å². The molecule has 6 aromatic carbocycles. The predicted molar refractivity (Wildman–Crippen MR) is 335 cm³/mol. The van der Waals surface area contributed by atoms with Gasteiger partial charge in [-0.1, -0.05) is 123 Å². The summed E-state index contributed by atoms with van der Waals surface area (Å²) in [6.45, 7) is 0.420. The minimum atomic E-state index is -0.984. The van der Waals surface area contributed by atoms with Gasteiger partial charge in [0.2, 0.25) is 0 Å². The Kier molecular flexibility index (Phi) is 31.0. The minimum absolute atomic E-state index is 0.0412. The molecule has 2 saturated carbocycles. The number of anilines is 1. The summed E-state index contributed by atoms with van der Waals surface area (Å²) in [6, 6.07) is 52.1. The second-order valence-electron chi connectivity index (χ2n) is 20.2. The van der Waals surface area contributed by atoms with Gasteiger partial charge < -0.3 is 38.8 Å². The Balaban J connectivity index is 0.000000213. The van der Waals surface area contributed by atoms with Gasteiger partial charge in [0.25, 0.3) is 0 Å². The fraction of sp³-hybridized carbons (Fsp3) is 0.314. The molecule has 87 heavy (non-hydrogen) atoms. The molecule has 0 radical (unpaired) electrons. The lowest BCUT2D eigenvalue weighted by molar-refractivity contribution is 0.0449. The second-order valence-corrected chi connectivity index (χ2v) is 20.2. The molecule has 0 spiro atoms. The average Bonchev–Trinajstić information content (AvgIpc) is 3.66. The first-order chi connectivity index (χ1) is 42.4. The zero-order chi connectivity index (χ0) is 62.4. The van der Waals surface area contributed by atoms with Crippen molar-refractivity contribution in [3.8, 4) is 11.5 Å². The summed E-state index contributed by atoms with van der Waals surface area (Å²) < 4.78 is 26.7. The first-order valence-electron chi connectivity index (χ1n) is 28.9. The van der Waals surface area contributed by atoms with Crippen molar-refractivity contribution < 1.29 is 62.7 Å². The number of ketones is 2. The van der Waals surface area contributed by atoms with Crippen molar-refractivity contribution in [1.29, 1.82) is 0 Å². The SMILES string of the molecule is C(=NC1CCCCC1)=NC1CCCCC1.CN(C)c1ccncc1.COC(C(=O)c1ccc(OCCO)cc1)c1ccccc1.COC(C(=O)c1ccc(OCCOC(=O)c2ccc(C=O)cc2)cc1)c1ccccc1.O=Cc1ccc(C(=O)O)cc1. The number of rotatable bonds is 22. The van der Waals surface area contributed by atoms with Crippen molar-refractivity contribution in [3.63, 3.8) is 0 Å². The normalized spacial score (nSPS) is 13.3. The third kappa shape index (κ3) is 24.7. The highest BCUT2D eigenvalue weighted by atomic mass is 16.6. The first kappa shape index (κ1) is 68.5. The van der Waals surface area contributed by atoms with Gasteiger partial charge in [-0.2, -0.15) is 0 Å². The van der Waals surface area contributed by atoms with Crippen LogP contribution < -0.4 is 14.4 Å². The summed E-state index contributed by atoms with van der Waals surface area (Å²) >= 11 is 0. The molecule has 2 aliphatic carbocycles. The Morgan fingerprint density at radius 2 is 0.943 bits per heavy atom. The van der Waals surface area contributed by atoms with Gasteiger partial charge in [-0.25, -0.2) is 19.6 Å². The molecule has 1 heterocycles. The summed E-state index contributed by atoms with van der Waals surface area (Å²) in [4.78, 5) is 83.2. The zero-order valence-corrected chi connectivity index (χ0v) is 49.9. The van der Waals surface area contributed by atoms with Crippen LogP contribution in [-0.4, -0.2) is 124 Å². The number of Topliss-reactive ketones (excluding diaryl/α,β-unsaturated/α-hetero) is 2. The van der Waals surface area contributed by atoms with E-state index in [1.807, 2.05) is 91.8 Å². The first-order valence-corrected chi connectivity index (χ1v) is 28.9. The molecule has 7 aromatic rings. The molecule has 17 heteroatoms. The van der Waals surface area contributed by atoms with Crippen LogP contribution in [0.25, 0.3) is 0 Å². The molecular weight excluding hydrogens is 1100 g/mol. The van der Waals surface area contributed by atoms with E-state index in [1.165, 1.54) is 121 Å². The zero-order valence-electron chi connectivity index (χ0n) is 49.9. The minimum Gasteiger partial charge on any atom is -0.491 e. The number of carboxylic acids is 1. The molecule has 2 atom stereocenters. The summed E-state index contributed by atoms with van der Waals surface area (Å²) in [5.41, 5.74) is 5.39. The van der Waals surface area contributed by atoms with Crippen molar-refractivity contribution in [2.75, 3.05) is 59.6 Å². The monoisotopic (exact) mass is 1180 g/mol. The van der Waals surface area contributed by atoms with Crippen LogP contribution in [0.3, 0.4) is 0 Å². The van der Waals surface area contributed by atoms with Crippen LogP contribution in [0.15, 0.2) is 192 Å². The van der Waals surface area contributed by atoms with Gasteiger partial charge >= 0.3 is 11.9 Å². The highest BCUT2D eigenvalue weighted by molar-refractivity contribution is 6.01. The van der Waals surface area contributed by atoms with Gasteiger partial charge in [0.1, 0.15) is 56.1 Å². The third-order valence-electron chi connectivity index (χ3n) is 13.8. The van der Waals surface area contributed by atoms with E-state index < -0.39 is 24.1 Å². The lowest BCUT2D eigenvalue weighted by Crippen LogP contribution is -2.15. The molecule has 1 aromatic heterocycles. The number of aromatic carboxylic acids is 1. The number of carbonyl (C=O) groups is 6. The Labute approximate surface area is 509 Å². The lowest BCUT2D eigenvalue weighted by atomic mass is 9.96. The smallest absolute Gasteiger partial charge is 0.338 e. The maximum atomic E-state index is 12.8. The van der Waals surface area contributed by atoms with Crippen LogP contribution >= 0.6 is 0 Å². The lowest BCUT2D eigenvalue weighted by Gasteiger charge is -2.17. The number of hydrogen-bond acceptors (Lipinski definition) is 16. The van der Waals surface area contributed by atoms with Crippen LogP contribution in [-0.2, 0) is 14.2 Å². The molecule has 2 fully saturated rings. The van der Waals surface area contributed by atoms with Gasteiger partial charge in [-0.15, -0.1) is 0 Å². The number of aromatic nitrogens is 1. The number of pyridine rings is 1. The molecule has 0 aliphatic heterocycles. The molecule has 0 saturated heterocycles. The van der Waals surface area contributed by atoms with E-state index in [2.05, 4.69) is 21.0 Å². The average molecular weight is 1180 g/mol. The van der Waals surface area contributed by atoms with Gasteiger partial charge in [0.15, 0.2) is 11.6 Å². The second kappa shape index (κ2) is 39.4. The number of aliphatic hydroxyl groups excluding tert-OH is 1. The third-order valence-corrected chi connectivity index (χ3v) is 13.8. The number of nitrogens with zero attached hydrogens (tertiary/aromatic N) is 4. The fourth-order valence-electron chi connectivity index (χ4n) is 8.98. The molecule has 0 bridgehead atoms. The van der Waals surface area contributed by atoms with Gasteiger partial charge in [-0.3, -0.25) is 24.2 Å². The van der Waals surface area contributed by atoms with E-state index in [4.69, 9.17) is 33.9 Å². The number of benzene rings is 6. The summed E-state index contributed by atoms with van der Waals surface area (Å²) in [5.74, 6) is -0.547. The quantitative estimate of drug-likeness (QED) is 0.0211. The van der Waals surface area contributed by atoms with Crippen LogP contribution in [0.4, 0.5) is 5.69 Å². The van der Waals surface area contributed by atoms with Crippen LogP contribution in [0, 0.1) is 0 Å². The Bertz CT molecular complexity index is 3160. The molecular formula is C70H78N4O13. The Hall–Kier alpha value is -9.25. The molecule has 456 valence electrons. The standard InChI is InChI=1S/C25H22O6.C17H18O4.C13H22N2.C8H6O3.C7H10N2/c1-29-24(20-5-3-2-4-6-20)23(27)19-11-13-22(14-12-19)30-15-16-31-25(28)21-9-7-18(17-26)8-10-21;1-20-17(14-5-3-2-4-6-14)16(19)13-7-9-15(10-8-13)21-12-11-18;1-3-7-12(8-4-1)14-11-15-13-9-5-2-6-10-13;9-5-6-1-3-7(4-2-6)8(10)11;1-9(2)7-3-5-8-6-4-7/h2-14,17,24H,15-16H2,1H3;2-10,17-18H,11-12H2,1H3;12-13H,1-10H2;1-5H,(H,10,11);3-6H,1-2H3. The Morgan fingerprint density at radius 1 is 0.540 bits per heavy atom. The number of aliphatic imine (C=N–C) groups is 2. The largest absolute Gasteiger partial charge is 0.491 e. The molecule has 2 aliphatic rings. The van der Waals surface area contributed by atoms with E-state index in [9.17, 15) is 28.8 Å². The van der Waals surface area contributed by atoms with E-state index in [0.717, 1.165) is 11.1 Å². The predicted octanol–water partition coefficient (Wildman–Crippen LogP) is 13.1. The maximum Gasteiger partial charge on any atom is 0.338 e. The summed E-state index contributed by atoms with van der Waals surface area (Å²) in [7, 11) is 7.05. The topological polar surface area (TPSA) is 230 Å². The Morgan fingerprint density at radius 3 is 1.31 bits per heavy atom. The van der Waals surface area contributed by atoms with Gasteiger partial charge in [0.05, 0.1) is 35.8 Å². The summed E-state index contributed by atoms with van der Waals surface area (Å²) in [6.07, 6.45) is 16.9. The van der Waals surface area contributed by atoms with E-state index in [0.29, 0.717) is 64.0 Å². The number of hydrogen-bond donors (Lipinski definition) is 2. The van der Waals surface area contributed by atoms with Gasteiger partial charge in [-0.05, 0) is 122 Å². The van der Waals surface area contributed by atoms with Crippen LogP contribution in [0.1, 0.15) is 150 Å². The van der Waals surface area contributed by atoms with Crippen molar-refractivity contribution in [3.05, 3.63) is 227 Å². The number of aliphatic hydroxyl groups is 1. The number of aldehydes is 2. The van der Waals surface area contributed by atoms with E-state index >= 15 is 0 Å². The van der Waals surface area contributed by atoms with Crippen LogP contribution in [0.2, 0.25) is 0 Å². The number of carbonyl (C=O) groups excluding carboxylic acids is 5. The molecule has 17 nitrogen and oxygen atoms in total. The number of methoxy groups -OCH3 is 2. The van der Waals surface area contributed by atoms with Crippen molar-refractivity contribution >= 4 is 47.8 Å². The molecule has 2 unspecified atom stereocenters.